The number of fused-ring (bicyclic) bond motifs is 4. The Morgan fingerprint density at radius 2 is 1.96 bits per heavy atom. The van der Waals surface area contributed by atoms with Crippen LogP contribution in [0.2, 0.25) is 0 Å². The fourth-order valence-corrected chi connectivity index (χ4v) is 2.59. The van der Waals surface area contributed by atoms with Crippen LogP contribution in [0, 0.1) is 5.92 Å². The monoisotopic (exact) mass is 313 g/mol. The van der Waals surface area contributed by atoms with Crippen LogP contribution in [0.1, 0.15) is 24.2 Å². The van der Waals surface area contributed by atoms with E-state index in [1.165, 1.54) is 0 Å². The highest BCUT2D eigenvalue weighted by Crippen LogP contribution is 2.22. The molecule has 0 radical (unpaired) electrons. The van der Waals surface area contributed by atoms with E-state index in [9.17, 15) is 9.59 Å². The van der Waals surface area contributed by atoms with Crippen LogP contribution in [-0.2, 0) is 11.3 Å². The van der Waals surface area contributed by atoms with E-state index < -0.39 is 6.04 Å². The van der Waals surface area contributed by atoms with Gasteiger partial charge in [-0.2, -0.15) is 0 Å². The van der Waals surface area contributed by atoms with Gasteiger partial charge < -0.3 is 10.6 Å². The van der Waals surface area contributed by atoms with Gasteiger partial charge in [0, 0.05) is 17.7 Å². The summed E-state index contributed by atoms with van der Waals surface area (Å²) < 4.78 is 1.66. The van der Waals surface area contributed by atoms with Crippen LogP contribution in [0.5, 0.6) is 0 Å². The molecule has 7 nitrogen and oxygen atoms in total. The zero-order chi connectivity index (χ0) is 16.4. The van der Waals surface area contributed by atoms with Crippen molar-refractivity contribution in [2.24, 2.45) is 5.92 Å². The molecule has 2 N–H and O–H groups in total. The molecule has 2 amide bonds. The maximum absolute atomic E-state index is 12.7. The number of benzene rings is 1. The maximum Gasteiger partial charge on any atom is 0.252 e. The first-order chi connectivity index (χ1) is 11.1. The van der Waals surface area contributed by atoms with E-state index in [1.54, 1.807) is 23.0 Å². The summed E-state index contributed by atoms with van der Waals surface area (Å²) in [6.45, 7) is 4.77. The molecule has 1 aromatic heterocycles. The van der Waals surface area contributed by atoms with Crippen molar-refractivity contribution >= 4 is 11.8 Å². The summed E-state index contributed by atoms with van der Waals surface area (Å²) in [5.74, 6) is -0.490. The lowest BCUT2D eigenvalue weighted by molar-refractivity contribution is -0.123. The Balaban J connectivity index is 2.05. The van der Waals surface area contributed by atoms with E-state index in [-0.39, 0.29) is 17.7 Å². The van der Waals surface area contributed by atoms with Gasteiger partial charge in [0.25, 0.3) is 5.91 Å². The summed E-state index contributed by atoms with van der Waals surface area (Å²) in [7, 11) is 0. The molecule has 1 aliphatic heterocycles. The minimum Gasteiger partial charge on any atom is -0.352 e. The summed E-state index contributed by atoms with van der Waals surface area (Å²) in [6, 6.07) is 6.62. The topological polar surface area (TPSA) is 88.9 Å². The first-order valence-electron chi connectivity index (χ1n) is 7.64. The number of rotatable bonds is 1. The fourth-order valence-electron chi connectivity index (χ4n) is 2.59. The average Bonchev–Trinajstić information content (AvgIpc) is 3.00. The van der Waals surface area contributed by atoms with Crippen molar-refractivity contribution in [3.05, 3.63) is 36.0 Å². The third-order valence-electron chi connectivity index (χ3n) is 3.86. The molecular formula is C16H19N5O2. The van der Waals surface area contributed by atoms with Crippen molar-refractivity contribution in [3.8, 4) is 11.3 Å². The number of hydrogen-bond acceptors (Lipinski definition) is 4. The minimum atomic E-state index is -0.578. The normalized spacial score (nSPS) is 18.5. The Morgan fingerprint density at radius 1 is 1.22 bits per heavy atom. The molecule has 0 saturated carbocycles. The standard InChI is InChI=1S/C16H19N5O2/c1-10(2)14-16(23)17-7-8-21-9-13(19-20-21)11-5-3-4-6-12(11)15(22)18-14/h3-6,9-10,14H,7-8H2,1-2H3,(H,17,23)(H,18,22)/t14-/m1/s1. The van der Waals surface area contributed by atoms with Gasteiger partial charge in [0.15, 0.2) is 0 Å². The molecule has 0 aliphatic carbocycles. The summed E-state index contributed by atoms with van der Waals surface area (Å²) in [5.41, 5.74) is 1.84. The lowest BCUT2D eigenvalue weighted by Crippen LogP contribution is -2.50. The first kappa shape index (κ1) is 15.2. The van der Waals surface area contributed by atoms with E-state index >= 15 is 0 Å². The van der Waals surface area contributed by atoms with Crippen LogP contribution >= 0.6 is 0 Å². The van der Waals surface area contributed by atoms with Crippen molar-refractivity contribution in [1.29, 1.82) is 0 Å². The minimum absolute atomic E-state index is 0.0142. The zero-order valence-corrected chi connectivity index (χ0v) is 13.1. The Hall–Kier alpha value is -2.70. The van der Waals surface area contributed by atoms with Crippen LogP contribution in [-0.4, -0.2) is 39.4 Å². The van der Waals surface area contributed by atoms with E-state index in [0.29, 0.717) is 29.9 Å². The molecule has 23 heavy (non-hydrogen) atoms. The number of amides is 2. The maximum atomic E-state index is 12.7. The van der Waals surface area contributed by atoms with Crippen LogP contribution in [0.4, 0.5) is 0 Å². The molecule has 0 unspecified atom stereocenters. The Bertz CT molecular complexity index is 738. The second kappa shape index (κ2) is 6.20. The van der Waals surface area contributed by atoms with E-state index in [0.717, 1.165) is 0 Å². The van der Waals surface area contributed by atoms with Gasteiger partial charge in [-0.25, -0.2) is 0 Å². The van der Waals surface area contributed by atoms with Gasteiger partial charge in [-0.3, -0.25) is 14.3 Å². The predicted molar refractivity (Wildman–Crippen MR) is 84.6 cm³/mol. The number of nitrogens with zero attached hydrogens (tertiary/aromatic N) is 3. The van der Waals surface area contributed by atoms with Crippen LogP contribution in [0.15, 0.2) is 30.5 Å². The molecule has 1 aromatic carbocycles. The zero-order valence-electron chi connectivity index (χ0n) is 13.1. The third kappa shape index (κ3) is 3.08. The highest BCUT2D eigenvalue weighted by atomic mass is 16.2. The lowest BCUT2D eigenvalue weighted by atomic mass is 10.0. The smallest absolute Gasteiger partial charge is 0.252 e. The summed E-state index contributed by atoms with van der Waals surface area (Å²) in [5, 5.41) is 13.8. The quantitative estimate of drug-likeness (QED) is 0.816. The SMILES string of the molecule is CC(C)[C@H]1NC(=O)c2ccccc2-c2cn(nn2)CCNC1=O. The van der Waals surface area contributed by atoms with Crippen LogP contribution in [0.3, 0.4) is 0 Å². The van der Waals surface area contributed by atoms with Crippen molar-refractivity contribution in [2.75, 3.05) is 6.54 Å². The molecule has 3 rings (SSSR count). The van der Waals surface area contributed by atoms with Gasteiger partial charge in [-0.05, 0) is 12.0 Å². The molecule has 2 aromatic rings. The molecule has 0 saturated heterocycles. The molecule has 120 valence electrons. The summed E-state index contributed by atoms with van der Waals surface area (Å²) in [4.78, 5) is 25.0. The average molecular weight is 313 g/mol. The van der Waals surface area contributed by atoms with Gasteiger partial charge in [0.1, 0.15) is 11.7 Å². The number of hydrogen-bond donors (Lipinski definition) is 2. The number of nitrogens with one attached hydrogen (secondary N) is 2. The van der Waals surface area contributed by atoms with Crippen molar-refractivity contribution in [1.82, 2.24) is 25.6 Å². The molecule has 1 atom stereocenters. The highest BCUT2D eigenvalue weighted by molar-refractivity contribution is 6.02. The molecular weight excluding hydrogens is 294 g/mol. The van der Waals surface area contributed by atoms with Gasteiger partial charge >= 0.3 is 0 Å². The highest BCUT2D eigenvalue weighted by Gasteiger charge is 2.26. The number of carbonyl (C=O) groups excluding carboxylic acids is 2. The van der Waals surface area contributed by atoms with Crippen LogP contribution < -0.4 is 10.6 Å². The summed E-state index contributed by atoms with van der Waals surface area (Å²) in [6.07, 6.45) is 1.78. The number of aromatic nitrogens is 3. The number of carbonyl (C=O) groups is 2. The molecule has 2 bridgehead atoms. The van der Waals surface area contributed by atoms with Gasteiger partial charge in [0.05, 0.1) is 12.7 Å². The Labute approximate surface area is 134 Å². The largest absolute Gasteiger partial charge is 0.352 e. The fraction of sp³-hybridized carbons (Fsp3) is 0.375. The third-order valence-corrected chi connectivity index (χ3v) is 3.86. The van der Waals surface area contributed by atoms with Crippen molar-refractivity contribution in [3.63, 3.8) is 0 Å². The Morgan fingerprint density at radius 3 is 2.70 bits per heavy atom. The van der Waals surface area contributed by atoms with Gasteiger partial charge in [-0.15, -0.1) is 5.10 Å². The predicted octanol–water partition coefficient (Wildman–Crippen LogP) is 0.829. The molecule has 2 heterocycles. The lowest BCUT2D eigenvalue weighted by Gasteiger charge is -2.22. The first-order valence-corrected chi connectivity index (χ1v) is 7.64. The van der Waals surface area contributed by atoms with E-state index in [4.69, 9.17) is 0 Å². The van der Waals surface area contributed by atoms with E-state index in [2.05, 4.69) is 20.9 Å². The van der Waals surface area contributed by atoms with Gasteiger partial charge in [-0.1, -0.05) is 37.3 Å². The second-order valence-electron chi connectivity index (χ2n) is 5.90. The van der Waals surface area contributed by atoms with E-state index in [1.807, 2.05) is 26.0 Å². The molecule has 0 spiro atoms. The molecule has 0 fully saturated rings. The summed E-state index contributed by atoms with van der Waals surface area (Å²) >= 11 is 0. The second-order valence-corrected chi connectivity index (χ2v) is 5.90. The molecule has 7 heteroatoms. The van der Waals surface area contributed by atoms with Crippen LogP contribution in [0.25, 0.3) is 11.3 Å². The van der Waals surface area contributed by atoms with Crippen molar-refractivity contribution < 1.29 is 9.59 Å². The van der Waals surface area contributed by atoms with Crippen molar-refractivity contribution in [2.45, 2.75) is 26.4 Å². The Kier molecular flexibility index (Phi) is 4.10. The molecule has 1 aliphatic rings. The van der Waals surface area contributed by atoms with Gasteiger partial charge in [0.2, 0.25) is 5.91 Å².